The van der Waals surface area contributed by atoms with Gasteiger partial charge in [-0.3, -0.25) is 0 Å². The van der Waals surface area contributed by atoms with Crippen molar-refractivity contribution in [2.75, 3.05) is 0 Å². The smallest absolute Gasteiger partial charge is 0.235 e. The van der Waals surface area contributed by atoms with Crippen molar-refractivity contribution in [2.45, 2.75) is 13.0 Å². The summed E-state index contributed by atoms with van der Waals surface area (Å²) in [5, 5.41) is 0. The fourth-order valence-electron chi connectivity index (χ4n) is 0.114. The first-order valence-corrected chi connectivity index (χ1v) is 1.83. The molecule has 0 aromatic rings. The third-order valence-electron chi connectivity index (χ3n) is 0.453. The molecule has 0 aliphatic rings. The summed E-state index contributed by atoms with van der Waals surface area (Å²) < 4.78 is 0. The van der Waals surface area contributed by atoms with Crippen molar-refractivity contribution in [3.63, 3.8) is 0 Å². The molecule has 0 spiro atoms. The Morgan fingerprint density at radius 2 is 2.43 bits per heavy atom. The lowest BCUT2D eigenvalue weighted by Crippen LogP contribution is -1.95. The van der Waals surface area contributed by atoms with E-state index in [4.69, 9.17) is 0 Å². The van der Waals surface area contributed by atoms with E-state index in [0.29, 0.717) is 6.29 Å². The molecule has 0 saturated carbocycles. The number of hydrogen-bond donors (Lipinski definition) is 0. The molecular formula is C4H5NO2. The van der Waals surface area contributed by atoms with E-state index in [1.807, 2.05) is 0 Å². The van der Waals surface area contributed by atoms with Crippen LogP contribution in [0.4, 0.5) is 0 Å². The minimum Gasteiger partial charge on any atom is -0.301 e. The van der Waals surface area contributed by atoms with E-state index in [2.05, 4.69) is 4.99 Å². The molecule has 0 amide bonds. The summed E-state index contributed by atoms with van der Waals surface area (Å²) in [5.74, 6) is 0. The van der Waals surface area contributed by atoms with Crippen LogP contribution >= 0.6 is 0 Å². The van der Waals surface area contributed by atoms with Crippen molar-refractivity contribution >= 4 is 12.4 Å². The molecule has 0 heterocycles. The molecule has 3 nitrogen and oxygen atoms in total. The number of rotatable bonds is 2. The second-order valence-corrected chi connectivity index (χ2v) is 1.10. The maximum atomic E-state index is 9.62. The average Bonchev–Trinajstić information content (AvgIpc) is 1.68. The second-order valence-electron chi connectivity index (χ2n) is 1.10. The van der Waals surface area contributed by atoms with Crippen LogP contribution in [0.2, 0.25) is 0 Å². The largest absolute Gasteiger partial charge is 0.301 e. The molecule has 1 unspecified atom stereocenters. The van der Waals surface area contributed by atoms with Gasteiger partial charge in [0, 0.05) is 0 Å². The van der Waals surface area contributed by atoms with Gasteiger partial charge in [0.2, 0.25) is 6.08 Å². The molecule has 0 radical (unpaired) electrons. The van der Waals surface area contributed by atoms with Crippen LogP contribution in [0.3, 0.4) is 0 Å². The molecule has 0 aromatic carbocycles. The SMILES string of the molecule is CC(C=O)N=C=O. The maximum Gasteiger partial charge on any atom is 0.235 e. The zero-order valence-corrected chi connectivity index (χ0v) is 3.92. The van der Waals surface area contributed by atoms with Crippen LogP contribution in [0.1, 0.15) is 6.92 Å². The Morgan fingerprint density at radius 3 is 2.57 bits per heavy atom. The predicted octanol–water partition coefficient (Wildman–Crippen LogP) is -0.0904. The van der Waals surface area contributed by atoms with Crippen LogP contribution in [-0.4, -0.2) is 18.4 Å². The topological polar surface area (TPSA) is 46.5 Å². The summed E-state index contributed by atoms with van der Waals surface area (Å²) in [4.78, 5) is 22.0. The minimum absolute atomic E-state index is 0.530. The van der Waals surface area contributed by atoms with E-state index >= 15 is 0 Å². The number of carbonyl (C=O) groups is 1. The number of isocyanates is 1. The van der Waals surface area contributed by atoms with Crippen LogP contribution in [0.15, 0.2) is 4.99 Å². The van der Waals surface area contributed by atoms with Gasteiger partial charge >= 0.3 is 0 Å². The molecule has 0 aliphatic heterocycles. The van der Waals surface area contributed by atoms with E-state index in [1.165, 1.54) is 13.0 Å². The Balaban J connectivity index is 3.56. The first kappa shape index (κ1) is 6.05. The predicted molar refractivity (Wildman–Crippen MR) is 23.6 cm³/mol. The van der Waals surface area contributed by atoms with Crippen molar-refractivity contribution in [2.24, 2.45) is 4.99 Å². The first-order valence-electron chi connectivity index (χ1n) is 1.83. The van der Waals surface area contributed by atoms with E-state index in [-0.39, 0.29) is 0 Å². The van der Waals surface area contributed by atoms with E-state index in [9.17, 15) is 9.59 Å². The molecular weight excluding hydrogens is 94.0 g/mol. The highest BCUT2D eigenvalue weighted by molar-refractivity contribution is 5.59. The van der Waals surface area contributed by atoms with Gasteiger partial charge in [-0.1, -0.05) is 0 Å². The standard InChI is InChI=1S/C4H5NO2/c1-4(2-6)5-3-7/h2,4H,1H3. The Hall–Kier alpha value is -0.950. The van der Waals surface area contributed by atoms with Gasteiger partial charge in [-0.15, -0.1) is 0 Å². The Labute approximate surface area is 41.1 Å². The molecule has 7 heavy (non-hydrogen) atoms. The summed E-state index contributed by atoms with van der Waals surface area (Å²) in [5.41, 5.74) is 0. The van der Waals surface area contributed by atoms with Gasteiger partial charge in [0.15, 0.2) is 0 Å². The number of hydrogen-bond acceptors (Lipinski definition) is 3. The van der Waals surface area contributed by atoms with Gasteiger partial charge in [0.05, 0.1) is 0 Å². The van der Waals surface area contributed by atoms with Gasteiger partial charge < -0.3 is 4.79 Å². The summed E-state index contributed by atoms with van der Waals surface area (Å²) in [6.07, 6.45) is 1.84. The lowest BCUT2D eigenvalue weighted by Gasteiger charge is -1.81. The molecule has 38 valence electrons. The molecule has 0 aromatic heterocycles. The Morgan fingerprint density at radius 1 is 1.86 bits per heavy atom. The molecule has 0 N–H and O–H groups in total. The summed E-state index contributed by atoms with van der Waals surface area (Å²) in [7, 11) is 0. The van der Waals surface area contributed by atoms with Gasteiger partial charge in [-0.2, -0.15) is 4.99 Å². The second kappa shape index (κ2) is 3.25. The quantitative estimate of drug-likeness (QED) is 0.276. The average molecular weight is 99.1 g/mol. The van der Waals surface area contributed by atoms with Crippen molar-refractivity contribution in [3.05, 3.63) is 0 Å². The van der Waals surface area contributed by atoms with Crippen LogP contribution < -0.4 is 0 Å². The monoisotopic (exact) mass is 99.0 g/mol. The van der Waals surface area contributed by atoms with Gasteiger partial charge in [0.1, 0.15) is 12.3 Å². The molecule has 1 atom stereocenters. The van der Waals surface area contributed by atoms with Crippen LogP contribution in [-0.2, 0) is 9.59 Å². The minimum atomic E-state index is -0.530. The third kappa shape index (κ3) is 2.86. The van der Waals surface area contributed by atoms with Crippen LogP contribution in [0.5, 0.6) is 0 Å². The number of aldehydes is 1. The van der Waals surface area contributed by atoms with Crippen molar-refractivity contribution < 1.29 is 9.59 Å². The van der Waals surface area contributed by atoms with Crippen molar-refractivity contribution in [3.8, 4) is 0 Å². The molecule has 0 fully saturated rings. The molecule has 0 rings (SSSR count). The molecule has 3 heteroatoms. The van der Waals surface area contributed by atoms with Gasteiger partial charge in [-0.05, 0) is 6.92 Å². The zero-order valence-electron chi connectivity index (χ0n) is 3.92. The highest BCUT2D eigenvalue weighted by Crippen LogP contribution is 1.76. The summed E-state index contributed by atoms with van der Waals surface area (Å²) in [6, 6.07) is -0.530. The number of aliphatic imine (C=N–C) groups is 1. The number of carbonyl (C=O) groups excluding carboxylic acids is 2. The van der Waals surface area contributed by atoms with Gasteiger partial charge in [-0.25, -0.2) is 4.79 Å². The third-order valence-corrected chi connectivity index (χ3v) is 0.453. The van der Waals surface area contributed by atoms with Crippen LogP contribution in [0, 0.1) is 0 Å². The maximum absolute atomic E-state index is 9.62. The fourth-order valence-corrected chi connectivity index (χ4v) is 0.114. The van der Waals surface area contributed by atoms with E-state index < -0.39 is 6.04 Å². The first-order chi connectivity index (χ1) is 3.31. The molecule has 0 bridgehead atoms. The van der Waals surface area contributed by atoms with Crippen molar-refractivity contribution in [1.82, 2.24) is 0 Å². The van der Waals surface area contributed by atoms with Gasteiger partial charge in [0.25, 0.3) is 0 Å². The number of nitrogens with zero attached hydrogens (tertiary/aromatic N) is 1. The van der Waals surface area contributed by atoms with Crippen LogP contribution in [0.25, 0.3) is 0 Å². The Kier molecular flexibility index (Phi) is 2.81. The zero-order chi connectivity index (χ0) is 5.70. The molecule has 0 saturated heterocycles. The van der Waals surface area contributed by atoms with E-state index in [1.54, 1.807) is 0 Å². The normalized spacial score (nSPS) is 11.6. The van der Waals surface area contributed by atoms with Crippen molar-refractivity contribution in [1.29, 1.82) is 0 Å². The molecule has 0 aliphatic carbocycles. The highest BCUT2D eigenvalue weighted by atomic mass is 16.1. The van der Waals surface area contributed by atoms with E-state index in [0.717, 1.165) is 0 Å². The fraction of sp³-hybridized carbons (Fsp3) is 0.500. The lowest BCUT2D eigenvalue weighted by atomic mass is 10.4. The highest BCUT2D eigenvalue weighted by Gasteiger charge is 1.88. The summed E-state index contributed by atoms with van der Waals surface area (Å²) >= 11 is 0. The Bertz CT molecular complexity index is 104. The summed E-state index contributed by atoms with van der Waals surface area (Å²) in [6.45, 7) is 1.51. The lowest BCUT2D eigenvalue weighted by molar-refractivity contribution is -0.108.